The molecule has 10 heteroatoms. The number of nitrogens with one attached hydrogen (secondary N) is 1. The highest BCUT2D eigenvalue weighted by Gasteiger charge is 2.39. The number of pyridine rings is 1. The van der Waals surface area contributed by atoms with Crippen molar-refractivity contribution in [3.05, 3.63) is 35.9 Å². The number of anilines is 4. The number of rotatable bonds is 5. The molecular weight excluding hydrogens is 472 g/mol. The summed E-state index contributed by atoms with van der Waals surface area (Å²) in [6, 6.07) is 9.15. The molecular formula is C27H36N6O4. The van der Waals surface area contributed by atoms with E-state index in [9.17, 15) is 9.59 Å². The van der Waals surface area contributed by atoms with Crippen LogP contribution in [-0.2, 0) is 9.53 Å². The molecule has 1 atom stereocenters. The van der Waals surface area contributed by atoms with Gasteiger partial charge in [0.2, 0.25) is 5.91 Å². The maximum absolute atomic E-state index is 13.1. The number of hydrogen-bond acceptors (Lipinski definition) is 8. The normalized spacial score (nSPS) is 21.1. The van der Waals surface area contributed by atoms with Crippen LogP contribution in [0.1, 0.15) is 30.1 Å². The van der Waals surface area contributed by atoms with E-state index in [0.29, 0.717) is 30.3 Å². The number of likely N-dealkylation sites (N-methyl/N-ethyl adjacent to an activating group) is 2. The average molecular weight is 509 g/mol. The lowest BCUT2D eigenvalue weighted by molar-refractivity contribution is -0.119. The van der Waals surface area contributed by atoms with Crippen molar-refractivity contribution in [1.82, 2.24) is 14.8 Å². The summed E-state index contributed by atoms with van der Waals surface area (Å²) in [6.45, 7) is 6.49. The molecule has 3 aliphatic rings. The van der Waals surface area contributed by atoms with Crippen molar-refractivity contribution in [1.29, 1.82) is 0 Å². The van der Waals surface area contributed by atoms with Gasteiger partial charge in [0.1, 0.15) is 17.6 Å². The molecule has 4 heterocycles. The SMILES string of the molecule is COc1cc(C(=O)N2CCN(C)CC2)ccc1Nc1ccc2c(n1)N(C1CCOCC1)[C@@H](C)C(=O)N2C. The highest BCUT2D eigenvalue weighted by molar-refractivity contribution is 6.04. The first-order valence-corrected chi connectivity index (χ1v) is 12.9. The second kappa shape index (κ2) is 10.5. The molecule has 0 unspecified atom stereocenters. The number of hydrogen-bond donors (Lipinski definition) is 1. The molecule has 0 radical (unpaired) electrons. The summed E-state index contributed by atoms with van der Waals surface area (Å²) in [7, 11) is 5.46. The Balaban J connectivity index is 1.41. The van der Waals surface area contributed by atoms with Crippen molar-refractivity contribution in [2.45, 2.75) is 31.8 Å². The Hall–Kier alpha value is -3.37. The summed E-state index contributed by atoms with van der Waals surface area (Å²) in [5.41, 5.74) is 2.11. The van der Waals surface area contributed by atoms with Crippen molar-refractivity contribution in [3.8, 4) is 5.75 Å². The molecule has 1 aromatic heterocycles. The lowest BCUT2D eigenvalue weighted by Crippen LogP contribution is -2.56. The number of methoxy groups -OCH3 is 1. The van der Waals surface area contributed by atoms with Crippen molar-refractivity contribution < 1.29 is 19.1 Å². The van der Waals surface area contributed by atoms with Crippen LogP contribution in [0.15, 0.2) is 30.3 Å². The number of nitrogens with zero attached hydrogens (tertiary/aromatic N) is 5. The van der Waals surface area contributed by atoms with Crippen LogP contribution in [0.5, 0.6) is 5.75 Å². The van der Waals surface area contributed by atoms with Gasteiger partial charge >= 0.3 is 0 Å². The molecule has 37 heavy (non-hydrogen) atoms. The van der Waals surface area contributed by atoms with Gasteiger partial charge in [-0.05, 0) is 57.1 Å². The number of carbonyl (C=O) groups is 2. The van der Waals surface area contributed by atoms with Crippen LogP contribution in [0, 0.1) is 0 Å². The zero-order valence-electron chi connectivity index (χ0n) is 22.1. The van der Waals surface area contributed by atoms with Gasteiger partial charge in [-0.3, -0.25) is 9.59 Å². The van der Waals surface area contributed by atoms with Gasteiger partial charge in [0, 0.05) is 58.0 Å². The average Bonchev–Trinajstić information content (AvgIpc) is 2.93. The maximum Gasteiger partial charge on any atom is 0.254 e. The summed E-state index contributed by atoms with van der Waals surface area (Å²) < 4.78 is 11.2. The summed E-state index contributed by atoms with van der Waals surface area (Å²) in [5.74, 6) is 2.07. The van der Waals surface area contributed by atoms with E-state index in [2.05, 4.69) is 22.2 Å². The fourth-order valence-corrected chi connectivity index (χ4v) is 5.37. The van der Waals surface area contributed by atoms with Crippen LogP contribution in [0.3, 0.4) is 0 Å². The predicted molar refractivity (Wildman–Crippen MR) is 143 cm³/mol. The van der Waals surface area contributed by atoms with Gasteiger partial charge in [-0.25, -0.2) is 4.98 Å². The highest BCUT2D eigenvalue weighted by Crippen LogP contribution is 2.39. The number of benzene rings is 1. The van der Waals surface area contributed by atoms with E-state index in [0.717, 1.165) is 56.2 Å². The van der Waals surface area contributed by atoms with Crippen LogP contribution >= 0.6 is 0 Å². The number of piperazine rings is 1. The molecule has 1 aromatic carbocycles. The Morgan fingerprint density at radius 2 is 1.81 bits per heavy atom. The molecule has 10 nitrogen and oxygen atoms in total. The van der Waals surface area contributed by atoms with Crippen molar-refractivity contribution >= 4 is 34.8 Å². The molecule has 3 aliphatic heterocycles. The van der Waals surface area contributed by atoms with Gasteiger partial charge in [-0.2, -0.15) is 0 Å². The molecule has 2 saturated heterocycles. The first-order valence-electron chi connectivity index (χ1n) is 12.9. The Morgan fingerprint density at radius 1 is 1.08 bits per heavy atom. The zero-order valence-corrected chi connectivity index (χ0v) is 22.1. The summed E-state index contributed by atoms with van der Waals surface area (Å²) in [6.07, 6.45) is 1.72. The Morgan fingerprint density at radius 3 is 2.51 bits per heavy atom. The smallest absolute Gasteiger partial charge is 0.254 e. The molecule has 2 fully saturated rings. The third-order valence-corrected chi connectivity index (χ3v) is 7.65. The van der Waals surface area contributed by atoms with E-state index in [1.165, 1.54) is 0 Å². The van der Waals surface area contributed by atoms with E-state index in [1.807, 2.05) is 36.1 Å². The van der Waals surface area contributed by atoms with Gasteiger partial charge in [-0.15, -0.1) is 0 Å². The predicted octanol–water partition coefficient (Wildman–Crippen LogP) is 2.57. The van der Waals surface area contributed by atoms with E-state index < -0.39 is 0 Å². The number of amides is 2. The molecule has 0 saturated carbocycles. The van der Waals surface area contributed by atoms with Gasteiger partial charge in [-0.1, -0.05) is 0 Å². The quantitative estimate of drug-likeness (QED) is 0.659. The lowest BCUT2D eigenvalue weighted by Gasteiger charge is -2.44. The molecule has 198 valence electrons. The van der Waals surface area contributed by atoms with Gasteiger partial charge in [0.05, 0.1) is 18.5 Å². The van der Waals surface area contributed by atoms with E-state index in [1.54, 1.807) is 25.1 Å². The summed E-state index contributed by atoms with van der Waals surface area (Å²) in [4.78, 5) is 38.9. The van der Waals surface area contributed by atoms with Crippen molar-refractivity contribution in [2.75, 3.05) is 75.7 Å². The Labute approximate surface area is 218 Å². The third kappa shape index (κ3) is 4.95. The minimum Gasteiger partial charge on any atom is -0.495 e. The van der Waals surface area contributed by atoms with Crippen LogP contribution < -0.4 is 19.9 Å². The minimum atomic E-state index is -0.308. The first-order chi connectivity index (χ1) is 17.9. The van der Waals surface area contributed by atoms with Crippen LogP contribution in [0.4, 0.5) is 23.0 Å². The maximum atomic E-state index is 13.1. The molecule has 2 amide bonds. The Kier molecular flexibility index (Phi) is 7.21. The van der Waals surface area contributed by atoms with E-state index in [-0.39, 0.29) is 23.9 Å². The first kappa shape index (κ1) is 25.3. The largest absolute Gasteiger partial charge is 0.495 e. The number of fused-ring (bicyclic) bond motifs is 1. The lowest BCUT2D eigenvalue weighted by atomic mass is 10.0. The monoisotopic (exact) mass is 508 g/mol. The van der Waals surface area contributed by atoms with Crippen LogP contribution in [0.25, 0.3) is 0 Å². The van der Waals surface area contributed by atoms with E-state index >= 15 is 0 Å². The molecule has 0 spiro atoms. The van der Waals surface area contributed by atoms with Gasteiger partial charge < -0.3 is 34.4 Å². The minimum absolute atomic E-state index is 0.0126. The van der Waals surface area contributed by atoms with E-state index in [4.69, 9.17) is 14.5 Å². The second-order valence-electron chi connectivity index (χ2n) is 10.00. The second-order valence-corrected chi connectivity index (χ2v) is 10.00. The molecule has 0 aliphatic carbocycles. The standard InChI is InChI=1S/C27H36N6O4/c1-18-26(34)31(3)22-7-8-24(29-25(22)33(18)20-9-15-37-16-10-20)28-21-6-5-19(17-23(21)36-4)27(35)32-13-11-30(2)12-14-32/h5-8,17-18,20H,9-16H2,1-4H3,(H,28,29)/t18-/m0/s1. The van der Waals surface area contributed by atoms with Crippen molar-refractivity contribution in [3.63, 3.8) is 0 Å². The van der Waals surface area contributed by atoms with Gasteiger partial charge in [0.15, 0.2) is 5.82 Å². The molecule has 5 rings (SSSR count). The number of carbonyl (C=O) groups excluding carboxylic acids is 2. The van der Waals surface area contributed by atoms with Crippen LogP contribution in [0.2, 0.25) is 0 Å². The molecule has 0 bridgehead atoms. The fourth-order valence-electron chi connectivity index (χ4n) is 5.37. The fraction of sp³-hybridized carbons (Fsp3) is 0.519. The third-order valence-electron chi connectivity index (χ3n) is 7.65. The summed E-state index contributed by atoms with van der Waals surface area (Å²) in [5, 5.41) is 3.37. The Bertz CT molecular complexity index is 1160. The van der Waals surface area contributed by atoms with Crippen molar-refractivity contribution in [2.24, 2.45) is 0 Å². The van der Waals surface area contributed by atoms with Crippen LogP contribution in [-0.4, -0.2) is 99.3 Å². The molecule has 2 aromatic rings. The van der Waals surface area contributed by atoms with Gasteiger partial charge in [0.25, 0.3) is 5.91 Å². The topological polar surface area (TPSA) is 90.5 Å². The highest BCUT2D eigenvalue weighted by atomic mass is 16.5. The number of ether oxygens (including phenoxy) is 2. The summed E-state index contributed by atoms with van der Waals surface area (Å²) >= 11 is 0. The number of aromatic nitrogens is 1. The zero-order chi connectivity index (χ0) is 26.1. The molecule has 1 N–H and O–H groups in total.